The molecule has 24 heavy (non-hydrogen) atoms. The highest BCUT2D eigenvalue weighted by atomic mass is 32.2. The number of hydrogen-bond donors (Lipinski definition) is 1. The SMILES string of the molecule is COC(=O)C1=C(C)Nc2ccccc2S(=O)(=O)C1c1ccccc1. The fourth-order valence-electron chi connectivity index (χ4n) is 2.91. The summed E-state index contributed by atoms with van der Waals surface area (Å²) in [5, 5.41) is 1.92. The summed E-state index contributed by atoms with van der Waals surface area (Å²) in [6, 6.07) is 15.3. The van der Waals surface area contributed by atoms with E-state index in [1.54, 1.807) is 61.5 Å². The van der Waals surface area contributed by atoms with Crippen LogP contribution in [0.15, 0.2) is 70.8 Å². The van der Waals surface area contributed by atoms with Crippen LogP contribution in [-0.4, -0.2) is 21.5 Å². The van der Waals surface area contributed by atoms with Crippen molar-refractivity contribution in [2.75, 3.05) is 12.4 Å². The van der Waals surface area contributed by atoms with E-state index in [2.05, 4.69) is 5.32 Å². The van der Waals surface area contributed by atoms with E-state index in [4.69, 9.17) is 4.74 Å². The molecule has 1 N–H and O–H groups in total. The number of para-hydroxylation sites is 1. The van der Waals surface area contributed by atoms with E-state index < -0.39 is 21.1 Å². The maximum Gasteiger partial charge on any atom is 0.337 e. The van der Waals surface area contributed by atoms with Crippen LogP contribution in [0.4, 0.5) is 5.69 Å². The lowest BCUT2D eigenvalue weighted by atomic mass is 10.0. The van der Waals surface area contributed by atoms with Gasteiger partial charge in [-0.25, -0.2) is 13.2 Å². The highest BCUT2D eigenvalue weighted by molar-refractivity contribution is 7.92. The van der Waals surface area contributed by atoms with E-state index >= 15 is 0 Å². The van der Waals surface area contributed by atoms with Gasteiger partial charge in [-0.15, -0.1) is 0 Å². The Morgan fingerprint density at radius 2 is 1.67 bits per heavy atom. The number of benzene rings is 2. The van der Waals surface area contributed by atoms with Gasteiger partial charge in [-0.05, 0) is 24.6 Å². The third-order valence-electron chi connectivity index (χ3n) is 4.00. The molecule has 0 saturated carbocycles. The van der Waals surface area contributed by atoms with Gasteiger partial charge in [-0.1, -0.05) is 42.5 Å². The molecular formula is C18H17NO4S. The zero-order valence-electron chi connectivity index (χ0n) is 13.3. The molecule has 0 amide bonds. The van der Waals surface area contributed by atoms with Gasteiger partial charge in [0.15, 0.2) is 9.84 Å². The number of carbonyl (C=O) groups excluding carboxylic acids is 1. The minimum atomic E-state index is -3.83. The number of sulfone groups is 1. The van der Waals surface area contributed by atoms with E-state index in [0.29, 0.717) is 16.9 Å². The third-order valence-corrected chi connectivity index (χ3v) is 6.10. The average molecular weight is 343 g/mol. The van der Waals surface area contributed by atoms with E-state index in [1.807, 2.05) is 0 Å². The van der Waals surface area contributed by atoms with Crippen LogP contribution in [0.2, 0.25) is 0 Å². The number of methoxy groups -OCH3 is 1. The molecule has 1 heterocycles. The van der Waals surface area contributed by atoms with E-state index in [9.17, 15) is 13.2 Å². The molecule has 2 aromatic rings. The molecule has 0 fully saturated rings. The quantitative estimate of drug-likeness (QED) is 0.849. The van der Waals surface area contributed by atoms with Gasteiger partial charge in [0.1, 0.15) is 5.25 Å². The van der Waals surface area contributed by atoms with Crippen LogP contribution >= 0.6 is 0 Å². The second kappa shape index (κ2) is 6.13. The Labute approximate surface area is 140 Å². The summed E-state index contributed by atoms with van der Waals surface area (Å²) in [6.45, 7) is 1.68. The Balaban J connectivity index is 2.35. The number of anilines is 1. The molecule has 0 bridgehead atoms. The molecular weight excluding hydrogens is 326 g/mol. The molecule has 1 unspecified atom stereocenters. The molecule has 2 aromatic carbocycles. The summed E-state index contributed by atoms with van der Waals surface area (Å²) in [6.07, 6.45) is 0. The highest BCUT2D eigenvalue weighted by Crippen LogP contribution is 2.42. The van der Waals surface area contributed by atoms with Gasteiger partial charge in [0.2, 0.25) is 0 Å². The minimum absolute atomic E-state index is 0.0971. The molecule has 3 rings (SSSR count). The maximum absolute atomic E-state index is 13.3. The smallest absolute Gasteiger partial charge is 0.337 e. The van der Waals surface area contributed by atoms with Crippen molar-refractivity contribution < 1.29 is 17.9 Å². The standard InChI is InChI=1S/C18H17NO4S/c1-12-16(18(20)23-2)17(13-8-4-3-5-9-13)24(21,22)15-11-7-6-10-14(15)19-12/h3-11,17,19H,1-2H3. The molecule has 0 aromatic heterocycles. The summed E-state index contributed by atoms with van der Waals surface area (Å²) in [7, 11) is -2.59. The maximum atomic E-state index is 13.3. The minimum Gasteiger partial charge on any atom is -0.466 e. The van der Waals surface area contributed by atoms with Crippen LogP contribution in [0.5, 0.6) is 0 Å². The zero-order valence-corrected chi connectivity index (χ0v) is 14.1. The molecule has 1 aliphatic heterocycles. The van der Waals surface area contributed by atoms with Crippen molar-refractivity contribution in [3.63, 3.8) is 0 Å². The summed E-state index contributed by atoms with van der Waals surface area (Å²) < 4.78 is 31.5. The Morgan fingerprint density at radius 3 is 2.33 bits per heavy atom. The number of carbonyl (C=O) groups is 1. The first kappa shape index (κ1) is 16.3. The average Bonchev–Trinajstić information content (AvgIpc) is 2.67. The molecule has 1 aliphatic rings. The van der Waals surface area contributed by atoms with Crippen molar-refractivity contribution in [1.29, 1.82) is 0 Å². The summed E-state index contributed by atoms with van der Waals surface area (Å²) in [4.78, 5) is 12.5. The third kappa shape index (κ3) is 2.59. The Bertz CT molecular complexity index is 917. The van der Waals surface area contributed by atoms with Crippen molar-refractivity contribution in [2.24, 2.45) is 0 Å². The largest absolute Gasteiger partial charge is 0.466 e. The molecule has 1 atom stereocenters. The summed E-state index contributed by atoms with van der Waals surface area (Å²) in [5.74, 6) is -0.662. The van der Waals surface area contributed by atoms with Crippen molar-refractivity contribution in [3.05, 3.63) is 71.4 Å². The number of fused-ring (bicyclic) bond motifs is 1. The lowest BCUT2D eigenvalue weighted by molar-refractivity contribution is -0.136. The van der Waals surface area contributed by atoms with Gasteiger partial charge in [0.05, 0.1) is 23.3 Å². The van der Waals surface area contributed by atoms with Crippen molar-refractivity contribution in [2.45, 2.75) is 17.1 Å². The van der Waals surface area contributed by atoms with Gasteiger partial charge in [-0.3, -0.25) is 0 Å². The second-order valence-electron chi connectivity index (χ2n) is 5.49. The Kier molecular flexibility index (Phi) is 4.15. The predicted octanol–water partition coefficient (Wildman–Crippen LogP) is 3.07. The lowest BCUT2D eigenvalue weighted by Crippen LogP contribution is -2.22. The predicted molar refractivity (Wildman–Crippen MR) is 91.1 cm³/mol. The number of esters is 1. The first-order chi connectivity index (χ1) is 11.5. The molecule has 6 heteroatoms. The number of ether oxygens (including phenoxy) is 1. The second-order valence-corrected chi connectivity index (χ2v) is 7.49. The van der Waals surface area contributed by atoms with Crippen molar-refractivity contribution in [1.82, 2.24) is 0 Å². The van der Waals surface area contributed by atoms with E-state index in [1.165, 1.54) is 7.11 Å². The number of hydrogen-bond acceptors (Lipinski definition) is 5. The molecule has 0 aliphatic carbocycles. The van der Waals surface area contributed by atoms with Crippen LogP contribution in [0.1, 0.15) is 17.7 Å². The highest BCUT2D eigenvalue weighted by Gasteiger charge is 2.40. The zero-order chi connectivity index (χ0) is 17.3. The van der Waals surface area contributed by atoms with Gasteiger partial charge in [-0.2, -0.15) is 0 Å². The Morgan fingerprint density at radius 1 is 1.04 bits per heavy atom. The molecule has 124 valence electrons. The Hall–Kier alpha value is -2.60. The molecule has 0 spiro atoms. The van der Waals surface area contributed by atoms with Crippen LogP contribution in [0.3, 0.4) is 0 Å². The number of nitrogens with one attached hydrogen (secondary N) is 1. The van der Waals surface area contributed by atoms with Gasteiger partial charge in [0.25, 0.3) is 0 Å². The van der Waals surface area contributed by atoms with E-state index in [-0.39, 0.29) is 10.5 Å². The van der Waals surface area contributed by atoms with Crippen LogP contribution < -0.4 is 5.32 Å². The van der Waals surface area contributed by atoms with E-state index in [0.717, 1.165) is 0 Å². The number of allylic oxidation sites excluding steroid dienone is 1. The van der Waals surface area contributed by atoms with Crippen molar-refractivity contribution in [3.8, 4) is 0 Å². The molecule has 5 nitrogen and oxygen atoms in total. The van der Waals surface area contributed by atoms with Crippen molar-refractivity contribution >= 4 is 21.5 Å². The van der Waals surface area contributed by atoms with Crippen LogP contribution in [0.25, 0.3) is 0 Å². The fourth-order valence-corrected chi connectivity index (χ4v) is 4.96. The lowest BCUT2D eigenvalue weighted by Gasteiger charge is -2.19. The van der Waals surface area contributed by atoms with Crippen LogP contribution in [-0.2, 0) is 19.4 Å². The fraction of sp³-hybridized carbons (Fsp3) is 0.167. The summed E-state index contributed by atoms with van der Waals surface area (Å²) >= 11 is 0. The first-order valence-corrected chi connectivity index (χ1v) is 8.95. The topological polar surface area (TPSA) is 72.5 Å². The molecule has 0 radical (unpaired) electrons. The van der Waals surface area contributed by atoms with Crippen LogP contribution in [0, 0.1) is 0 Å². The first-order valence-electron chi connectivity index (χ1n) is 7.41. The normalized spacial score (nSPS) is 19.0. The van der Waals surface area contributed by atoms with Gasteiger partial charge >= 0.3 is 5.97 Å². The van der Waals surface area contributed by atoms with Gasteiger partial charge in [0, 0.05) is 5.70 Å². The monoisotopic (exact) mass is 343 g/mol. The summed E-state index contributed by atoms with van der Waals surface area (Å²) in [5.41, 5.74) is 1.54. The molecule has 0 saturated heterocycles. The van der Waals surface area contributed by atoms with Gasteiger partial charge < -0.3 is 10.1 Å². The number of rotatable bonds is 2.